The number of thioether (sulfide) groups is 1. The second kappa shape index (κ2) is 6.94. The van der Waals surface area contributed by atoms with Gasteiger partial charge in [0.2, 0.25) is 5.91 Å². The predicted octanol–water partition coefficient (Wildman–Crippen LogP) is 6.54. The minimum Gasteiger partial charge on any atom is -0.298 e. The van der Waals surface area contributed by atoms with E-state index in [-0.39, 0.29) is 11.2 Å². The van der Waals surface area contributed by atoms with E-state index in [1.807, 2.05) is 53.1 Å². The third kappa shape index (κ3) is 2.66. The maximum atomic E-state index is 13.0. The highest BCUT2D eigenvalue weighted by Crippen LogP contribution is 2.60. The molecule has 0 aromatic heterocycles. The van der Waals surface area contributed by atoms with Gasteiger partial charge in [0.25, 0.3) is 0 Å². The molecule has 3 aromatic carbocycles. The van der Waals surface area contributed by atoms with Crippen LogP contribution < -0.4 is 4.90 Å². The fourth-order valence-electron chi connectivity index (χ4n) is 4.29. The summed E-state index contributed by atoms with van der Waals surface area (Å²) in [5.41, 5.74) is 2.74. The lowest BCUT2D eigenvalue weighted by atomic mass is 9.72. The lowest BCUT2D eigenvalue weighted by Gasteiger charge is -2.55. The van der Waals surface area contributed by atoms with Gasteiger partial charge in [-0.2, -0.15) is 0 Å². The molecule has 28 heavy (non-hydrogen) atoms. The van der Waals surface area contributed by atoms with Gasteiger partial charge in [-0.25, -0.2) is 0 Å². The first-order valence-corrected chi connectivity index (χ1v) is 11.3. The fraction of sp³-hybridized carbons (Fsp3) is 0.174. The minimum absolute atomic E-state index is 0.0185. The molecule has 0 spiro atoms. The minimum atomic E-state index is -0.570. The lowest BCUT2D eigenvalue weighted by molar-refractivity contribution is -0.127. The number of anilines is 1. The molecule has 1 saturated heterocycles. The quantitative estimate of drug-likeness (QED) is 0.313. The summed E-state index contributed by atoms with van der Waals surface area (Å²) in [6, 6.07) is 26.8. The molecular formula is C23H17BrClNOS. The van der Waals surface area contributed by atoms with Crippen molar-refractivity contribution in [2.75, 3.05) is 4.90 Å². The number of nitrogens with zero attached hydrogens (tertiary/aromatic N) is 1. The van der Waals surface area contributed by atoms with Crippen molar-refractivity contribution in [2.45, 2.75) is 27.5 Å². The third-order valence-electron chi connectivity index (χ3n) is 5.64. The molecule has 2 heterocycles. The van der Waals surface area contributed by atoms with E-state index in [9.17, 15) is 4.79 Å². The zero-order valence-corrected chi connectivity index (χ0v) is 18.0. The Kier molecular flexibility index (Phi) is 4.53. The summed E-state index contributed by atoms with van der Waals surface area (Å²) in [5.74, 6) is -0.0185. The Hall–Kier alpha value is -1.75. The van der Waals surface area contributed by atoms with Crippen LogP contribution in [0, 0.1) is 0 Å². The number of hydrogen-bond donors (Lipinski definition) is 0. The van der Waals surface area contributed by atoms with Crippen LogP contribution in [0.25, 0.3) is 0 Å². The van der Waals surface area contributed by atoms with E-state index in [2.05, 4.69) is 58.4 Å². The molecule has 2 aliphatic heterocycles. The van der Waals surface area contributed by atoms with Crippen LogP contribution in [0.15, 0.2) is 88.2 Å². The van der Waals surface area contributed by atoms with Crippen molar-refractivity contribution in [3.05, 3.63) is 94.5 Å². The van der Waals surface area contributed by atoms with Gasteiger partial charge in [-0.3, -0.25) is 9.69 Å². The molecular weight excluding hydrogens is 454 g/mol. The zero-order chi connectivity index (χ0) is 19.3. The molecule has 5 heteroatoms. The van der Waals surface area contributed by atoms with Gasteiger partial charge >= 0.3 is 0 Å². The highest BCUT2D eigenvalue weighted by molar-refractivity contribution is 9.10. The molecule has 0 aliphatic carbocycles. The normalized spacial score (nSPS) is 26.1. The number of halogens is 2. The van der Waals surface area contributed by atoms with Gasteiger partial charge in [-0.15, -0.1) is 23.4 Å². The molecule has 1 amide bonds. The van der Waals surface area contributed by atoms with Crippen molar-refractivity contribution in [2.24, 2.45) is 0 Å². The molecule has 3 aromatic rings. The highest BCUT2D eigenvalue weighted by Gasteiger charge is 2.63. The number of carbonyl (C=O) groups excluding carboxylic acids is 1. The Morgan fingerprint density at radius 3 is 2.39 bits per heavy atom. The summed E-state index contributed by atoms with van der Waals surface area (Å²) >= 11 is 12.1. The smallest absolute Gasteiger partial charge is 0.248 e. The summed E-state index contributed by atoms with van der Waals surface area (Å²) in [6.07, 6.45) is 0.762. The highest BCUT2D eigenvalue weighted by atomic mass is 79.9. The average Bonchev–Trinajstić information content (AvgIpc) is 2.88. The molecule has 5 rings (SSSR count). The maximum Gasteiger partial charge on any atom is 0.248 e. The van der Waals surface area contributed by atoms with E-state index in [0.717, 1.165) is 27.0 Å². The Morgan fingerprint density at radius 2 is 1.64 bits per heavy atom. The standard InChI is InChI=1S/C23H17BrClNOS/c24-17-12-10-15(11-13-17)20-14-23(16-6-2-1-3-7-16)21(25)22(27)26(23)18-8-4-5-9-19(18)28-20/h1-13,20-21H,14H2. The second-order valence-electron chi connectivity index (χ2n) is 7.16. The topological polar surface area (TPSA) is 20.3 Å². The van der Waals surface area contributed by atoms with Crippen molar-refractivity contribution in [3.8, 4) is 0 Å². The molecule has 2 aliphatic rings. The summed E-state index contributed by atoms with van der Waals surface area (Å²) < 4.78 is 1.06. The lowest BCUT2D eigenvalue weighted by Crippen LogP contribution is -2.70. The van der Waals surface area contributed by atoms with Gasteiger partial charge in [0.05, 0.1) is 11.2 Å². The Labute approximate surface area is 182 Å². The molecule has 3 unspecified atom stereocenters. The molecule has 0 radical (unpaired) electrons. The second-order valence-corrected chi connectivity index (χ2v) is 9.75. The number of β-lactam (4-membered cyclic amide) rings is 1. The number of carbonyl (C=O) groups is 1. The first-order valence-electron chi connectivity index (χ1n) is 9.16. The van der Waals surface area contributed by atoms with Gasteiger partial charge < -0.3 is 0 Å². The molecule has 1 fully saturated rings. The van der Waals surface area contributed by atoms with Crippen LogP contribution in [0.1, 0.15) is 22.8 Å². The molecule has 0 saturated carbocycles. The summed E-state index contributed by atoms with van der Waals surface area (Å²) in [4.78, 5) is 16.0. The van der Waals surface area contributed by atoms with E-state index in [0.29, 0.717) is 0 Å². The van der Waals surface area contributed by atoms with E-state index in [1.165, 1.54) is 5.56 Å². The van der Waals surface area contributed by atoms with Crippen LogP contribution in [0.2, 0.25) is 0 Å². The zero-order valence-electron chi connectivity index (χ0n) is 14.9. The average molecular weight is 471 g/mol. The van der Waals surface area contributed by atoms with Gasteiger partial charge in [-0.05, 0) is 41.8 Å². The van der Waals surface area contributed by atoms with Gasteiger partial charge in [0.1, 0.15) is 5.38 Å². The number of benzene rings is 3. The van der Waals surface area contributed by atoms with Crippen molar-refractivity contribution >= 4 is 50.9 Å². The monoisotopic (exact) mass is 469 g/mol. The van der Waals surface area contributed by atoms with Crippen LogP contribution in [0.4, 0.5) is 5.69 Å². The molecule has 2 nitrogen and oxygen atoms in total. The van der Waals surface area contributed by atoms with Crippen LogP contribution in [-0.4, -0.2) is 11.3 Å². The van der Waals surface area contributed by atoms with Crippen LogP contribution >= 0.6 is 39.3 Å². The van der Waals surface area contributed by atoms with Crippen molar-refractivity contribution in [3.63, 3.8) is 0 Å². The van der Waals surface area contributed by atoms with Gasteiger partial charge in [0, 0.05) is 14.6 Å². The van der Waals surface area contributed by atoms with Gasteiger partial charge in [-0.1, -0.05) is 70.5 Å². The number of para-hydroxylation sites is 1. The molecule has 0 N–H and O–H groups in total. The summed E-state index contributed by atoms with van der Waals surface area (Å²) in [6.45, 7) is 0. The first-order chi connectivity index (χ1) is 13.6. The fourth-order valence-corrected chi connectivity index (χ4v) is 6.34. The van der Waals surface area contributed by atoms with Crippen LogP contribution in [0.3, 0.4) is 0 Å². The number of amides is 1. The van der Waals surface area contributed by atoms with Crippen molar-refractivity contribution < 1.29 is 4.79 Å². The predicted molar refractivity (Wildman–Crippen MR) is 119 cm³/mol. The van der Waals surface area contributed by atoms with E-state index < -0.39 is 10.9 Å². The number of hydrogen-bond acceptors (Lipinski definition) is 2. The summed E-state index contributed by atoms with van der Waals surface area (Å²) in [5, 5.41) is -0.381. The Balaban J connectivity index is 1.71. The number of fused-ring (bicyclic) bond motifs is 3. The summed E-state index contributed by atoms with van der Waals surface area (Å²) in [7, 11) is 0. The largest absolute Gasteiger partial charge is 0.298 e. The van der Waals surface area contributed by atoms with Gasteiger partial charge in [0.15, 0.2) is 0 Å². The number of alkyl halides is 1. The van der Waals surface area contributed by atoms with E-state index >= 15 is 0 Å². The SMILES string of the molecule is O=C1C(Cl)C2(c3ccccc3)CC(c3ccc(Br)cc3)Sc3ccccc3N12. The van der Waals surface area contributed by atoms with Crippen LogP contribution in [-0.2, 0) is 10.3 Å². The first kappa shape index (κ1) is 18.3. The van der Waals surface area contributed by atoms with Crippen LogP contribution in [0.5, 0.6) is 0 Å². The Bertz CT molecular complexity index is 1040. The molecule has 140 valence electrons. The maximum absolute atomic E-state index is 13.0. The molecule has 0 bridgehead atoms. The van der Waals surface area contributed by atoms with E-state index in [1.54, 1.807) is 0 Å². The van der Waals surface area contributed by atoms with Crippen molar-refractivity contribution in [1.29, 1.82) is 0 Å². The Morgan fingerprint density at radius 1 is 0.964 bits per heavy atom. The van der Waals surface area contributed by atoms with E-state index in [4.69, 9.17) is 11.6 Å². The molecule has 3 atom stereocenters. The number of rotatable bonds is 2. The van der Waals surface area contributed by atoms with Crippen molar-refractivity contribution in [1.82, 2.24) is 0 Å². The third-order valence-corrected chi connectivity index (χ3v) is 8.04.